The fourth-order valence-electron chi connectivity index (χ4n) is 6.90. The molecule has 0 amide bonds. The normalized spacial score (nSPS) is 12.5. The Bertz CT molecular complexity index is 823. The van der Waals surface area contributed by atoms with Crippen LogP contribution in [0.4, 0.5) is 0 Å². The van der Waals surface area contributed by atoms with E-state index in [4.69, 9.17) is 4.74 Å². The van der Waals surface area contributed by atoms with Crippen LogP contribution in [0.15, 0.2) is 18.1 Å². The van der Waals surface area contributed by atoms with E-state index in [1.165, 1.54) is 77.0 Å². The third-order valence-corrected chi connectivity index (χ3v) is 10.3. The maximum absolute atomic E-state index is 12.7. The van der Waals surface area contributed by atoms with Gasteiger partial charge >= 0.3 is 0 Å². The van der Waals surface area contributed by atoms with Gasteiger partial charge in [-0.2, -0.15) is 0 Å². The molecule has 0 fully saturated rings. The smallest absolute Gasteiger partial charge is 0.138 e. The molecule has 0 heterocycles. The molecule has 0 saturated heterocycles. The fourth-order valence-corrected chi connectivity index (χ4v) is 6.90. The third-order valence-electron chi connectivity index (χ3n) is 10.3. The second-order valence-electron chi connectivity index (χ2n) is 14.9. The van der Waals surface area contributed by atoms with Gasteiger partial charge in [-0.05, 0) is 84.0 Å². The maximum atomic E-state index is 12.7. The molecule has 2 atom stereocenters. The van der Waals surface area contributed by atoms with Crippen molar-refractivity contribution in [1.82, 2.24) is 0 Å². The molecule has 0 aliphatic rings. The highest BCUT2D eigenvalue weighted by molar-refractivity contribution is 5.79. The molecular formula is C44H80O4. The first kappa shape index (κ1) is 46.3. The number of hydrogen-bond acceptors (Lipinski definition) is 4. The predicted molar refractivity (Wildman–Crippen MR) is 206 cm³/mol. The minimum atomic E-state index is 0.109. The zero-order valence-electron chi connectivity index (χ0n) is 32.8. The molecule has 0 aliphatic heterocycles. The lowest BCUT2D eigenvalue weighted by Crippen LogP contribution is -2.17. The van der Waals surface area contributed by atoms with Crippen LogP contribution in [-0.2, 0) is 19.1 Å². The van der Waals surface area contributed by atoms with E-state index >= 15 is 0 Å². The predicted octanol–water partition coefficient (Wildman–Crippen LogP) is 13.8. The van der Waals surface area contributed by atoms with Crippen LogP contribution in [0.1, 0.15) is 227 Å². The number of ketones is 3. The van der Waals surface area contributed by atoms with Crippen molar-refractivity contribution < 1.29 is 19.1 Å². The van der Waals surface area contributed by atoms with Crippen molar-refractivity contribution in [2.24, 2.45) is 11.8 Å². The number of Topliss-reactive ketones (excluding diaryl/α,β-unsaturated/α-hetero) is 3. The molecular weight excluding hydrogens is 592 g/mol. The summed E-state index contributed by atoms with van der Waals surface area (Å²) in [6.07, 6.45) is 33.4. The molecule has 0 saturated carbocycles. The fraction of sp³-hybridized carbons (Fsp3) is 0.864. The average molecular weight is 673 g/mol. The number of rotatable bonds is 37. The first-order valence-corrected chi connectivity index (χ1v) is 20.8. The number of unbranched alkanes of at least 4 members (excludes halogenated alkanes) is 16. The molecule has 280 valence electrons. The van der Waals surface area contributed by atoms with Crippen LogP contribution in [-0.4, -0.2) is 23.5 Å². The van der Waals surface area contributed by atoms with Gasteiger partial charge < -0.3 is 9.53 Å². The second kappa shape index (κ2) is 33.8. The van der Waals surface area contributed by atoms with E-state index < -0.39 is 0 Å². The van der Waals surface area contributed by atoms with Gasteiger partial charge in [0, 0.05) is 31.6 Å². The highest BCUT2D eigenvalue weighted by Crippen LogP contribution is 2.27. The van der Waals surface area contributed by atoms with Crippen molar-refractivity contribution in [1.29, 1.82) is 0 Å². The van der Waals surface area contributed by atoms with Crippen LogP contribution in [0.5, 0.6) is 0 Å². The summed E-state index contributed by atoms with van der Waals surface area (Å²) in [4.78, 5) is 36.1. The van der Waals surface area contributed by atoms with Crippen LogP contribution in [0.3, 0.4) is 0 Å². The van der Waals surface area contributed by atoms with Crippen LogP contribution >= 0.6 is 0 Å². The number of allylic oxidation sites excluding steroid dienone is 1. The molecule has 0 aliphatic carbocycles. The van der Waals surface area contributed by atoms with Crippen molar-refractivity contribution in [2.45, 2.75) is 233 Å². The SMILES string of the molecule is C=C=C(CCCCCCC(=O)CCC(CC)C[C@H](CCCCCCC(C)=O)C(C)=O)OC(CCCCCCCC)CCCCCCCC. The van der Waals surface area contributed by atoms with Gasteiger partial charge in [0.1, 0.15) is 23.1 Å². The number of hydrogen-bond donors (Lipinski definition) is 0. The third kappa shape index (κ3) is 29.3. The first-order valence-electron chi connectivity index (χ1n) is 20.8. The quantitative estimate of drug-likeness (QED) is 0.0374. The summed E-state index contributed by atoms with van der Waals surface area (Å²) in [5.74, 6) is 2.41. The van der Waals surface area contributed by atoms with E-state index in [2.05, 4.69) is 33.1 Å². The minimum absolute atomic E-state index is 0.109. The van der Waals surface area contributed by atoms with Crippen LogP contribution < -0.4 is 0 Å². The van der Waals surface area contributed by atoms with Gasteiger partial charge in [0.2, 0.25) is 0 Å². The van der Waals surface area contributed by atoms with Crippen molar-refractivity contribution in [3.05, 3.63) is 18.1 Å². The lowest BCUT2D eigenvalue weighted by atomic mass is 9.84. The lowest BCUT2D eigenvalue weighted by Gasteiger charge is -2.21. The van der Waals surface area contributed by atoms with Gasteiger partial charge in [-0.3, -0.25) is 9.59 Å². The van der Waals surface area contributed by atoms with Crippen LogP contribution in [0.25, 0.3) is 0 Å². The van der Waals surface area contributed by atoms with Gasteiger partial charge in [0.15, 0.2) is 0 Å². The van der Waals surface area contributed by atoms with Gasteiger partial charge in [-0.15, -0.1) is 0 Å². The molecule has 0 spiro atoms. The first-order chi connectivity index (χ1) is 23.3. The van der Waals surface area contributed by atoms with E-state index in [1.54, 1.807) is 13.8 Å². The van der Waals surface area contributed by atoms with E-state index in [9.17, 15) is 14.4 Å². The standard InChI is InChI=1S/C44H80O4/c1-7-11-13-15-17-27-33-44(34-28-18-16-14-12-8-2)48-43(10-4)32-26-22-21-25-31-42(47)36-35-40(9-3)37-41(39(6)46)30-24-20-19-23-29-38(5)45/h40-41,44H,4,7-9,11-37H2,1-3,5-6H3/t40?,41-/m0/s1. The monoisotopic (exact) mass is 673 g/mol. The molecule has 0 bridgehead atoms. The van der Waals surface area contributed by atoms with Gasteiger partial charge in [-0.25, -0.2) is 0 Å². The molecule has 0 N–H and O–H groups in total. The Hall–Kier alpha value is -1.67. The summed E-state index contributed by atoms with van der Waals surface area (Å²) in [6.45, 7) is 14.1. The second-order valence-corrected chi connectivity index (χ2v) is 14.9. The molecule has 4 nitrogen and oxygen atoms in total. The average Bonchev–Trinajstić information content (AvgIpc) is 3.06. The molecule has 0 aromatic rings. The lowest BCUT2D eigenvalue weighted by molar-refractivity contribution is -0.121. The Morgan fingerprint density at radius 2 is 1.04 bits per heavy atom. The summed E-state index contributed by atoms with van der Waals surface area (Å²) in [7, 11) is 0. The molecule has 0 aromatic carbocycles. The van der Waals surface area contributed by atoms with E-state index in [0.29, 0.717) is 37.1 Å². The topological polar surface area (TPSA) is 60.4 Å². The Morgan fingerprint density at radius 3 is 1.54 bits per heavy atom. The van der Waals surface area contributed by atoms with Gasteiger partial charge in [0.25, 0.3) is 0 Å². The number of carbonyl (C=O) groups is 3. The summed E-state index contributed by atoms with van der Waals surface area (Å²) in [5, 5.41) is 0. The maximum Gasteiger partial charge on any atom is 0.138 e. The molecule has 4 heteroatoms. The number of carbonyl (C=O) groups excluding carboxylic acids is 3. The van der Waals surface area contributed by atoms with E-state index in [-0.39, 0.29) is 17.5 Å². The Labute approximate surface area is 299 Å². The van der Waals surface area contributed by atoms with Crippen molar-refractivity contribution in [2.75, 3.05) is 0 Å². The zero-order chi connectivity index (χ0) is 35.7. The molecule has 0 rings (SSSR count). The minimum Gasteiger partial charge on any atom is -0.487 e. The van der Waals surface area contributed by atoms with E-state index in [0.717, 1.165) is 102 Å². The Morgan fingerprint density at radius 1 is 0.562 bits per heavy atom. The molecule has 1 unspecified atom stereocenters. The van der Waals surface area contributed by atoms with Crippen molar-refractivity contribution >= 4 is 17.3 Å². The summed E-state index contributed by atoms with van der Waals surface area (Å²) < 4.78 is 6.51. The van der Waals surface area contributed by atoms with E-state index in [1.807, 2.05) is 0 Å². The van der Waals surface area contributed by atoms with Crippen LogP contribution in [0.2, 0.25) is 0 Å². The summed E-state index contributed by atoms with van der Waals surface area (Å²) in [5.41, 5.74) is 3.11. The molecule has 0 aromatic heterocycles. The number of ether oxygens (including phenoxy) is 1. The summed E-state index contributed by atoms with van der Waals surface area (Å²) in [6, 6.07) is 0. The van der Waals surface area contributed by atoms with Gasteiger partial charge in [-0.1, -0.05) is 136 Å². The Balaban J connectivity index is 4.37. The summed E-state index contributed by atoms with van der Waals surface area (Å²) >= 11 is 0. The highest BCUT2D eigenvalue weighted by Gasteiger charge is 2.20. The Kier molecular flexibility index (Phi) is 32.6. The molecule has 48 heavy (non-hydrogen) atoms. The van der Waals surface area contributed by atoms with Crippen LogP contribution in [0, 0.1) is 11.8 Å². The molecule has 0 radical (unpaired) electrons. The van der Waals surface area contributed by atoms with Crippen molar-refractivity contribution in [3.63, 3.8) is 0 Å². The van der Waals surface area contributed by atoms with Crippen molar-refractivity contribution in [3.8, 4) is 0 Å². The highest BCUT2D eigenvalue weighted by atomic mass is 16.5. The zero-order valence-corrected chi connectivity index (χ0v) is 32.8. The van der Waals surface area contributed by atoms with Gasteiger partial charge in [0.05, 0.1) is 6.10 Å². The largest absolute Gasteiger partial charge is 0.487 e.